The second kappa shape index (κ2) is 11.2. The van der Waals surface area contributed by atoms with Gasteiger partial charge in [-0.1, -0.05) is 38.5 Å². The fraction of sp³-hybridized carbons (Fsp3) is 0.848. The van der Waals surface area contributed by atoms with Gasteiger partial charge in [-0.2, -0.15) is 0 Å². The number of ether oxygens (including phenoxy) is 3. The van der Waals surface area contributed by atoms with Gasteiger partial charge in [0.05, 0.1) is 13.2 Å². The van der Waals surface area contributed by atoms with E-state index in [-0.39, 0.29) is 12.3 Å². The van der Waals surface area contributed by atoms with E-state index in [2.05, 4.69) is 32.9 Å². The van der Waals surface area contributed by atoms with Crippen molar-refractivity contribution < 1.29 is 19.0 Å². The maximum atomic E-state index is 11.7. The van der Waals surface area contributed by atoms with Crippen molar-refractivity contribution in [3.8, 4) is 0 Å². The van der Waals surface area contributed by atoms with Gasteiger partial charge in [-0.15, -0.1) is 0 Å². The Labute approximate surface area is 226 Å². The van der Waals surface area contributed by atoms with Crippen LogP contribution in [0.4, 0.5) is 0 Å². The number of allylic oxidation sites excluding steroid dienone is 2. The van der Waals surface area contributed by atoms with Gasteiger partial charge >= 0.3 is 5.97 Å². The minimum absolute atomic E-state index is 0.0349. The molecule has 0 amide bonds. The fourth-order valence-corrected chi connectivity index (χ4v) is 9.76. The number of esters is 1. The Morgan fingerprint density at radius 2 is 1.97 bits per heavy atom. The zero-order chi connectivity index (χ0) is 26.2. The van der Waals surface area contributed by atoms with Gasteiger partial charge in [0.25, 0.3) is 0 Å². The normalized spacial score (nSPS) is 42.7. The average Bonchev–Trinajstić information content (AvgIpc) is 3.26. The van der Waals surface area contributed by atoms with E-state index in [1.807, 2.05) is 6.92 Å². The Kier molecular flexibility index (Phi) is 8.28. The van der Waals surface area contributed by atoms with Gasteiger partial charge in [0.1, 0.15) is 0 Å². The van der Waals surface area contributed by atoms with E-state index in [1.54, 1.807) is 5.57 Å². The molecule has 5 rings (SSSR count). The molecule has 4 aliphatic carbocycles. The van der Waals surface area contributed by atoms with Crippen LogP contribution in [0.5, 0.6) is 0 Å². The molecule has 0 aromatic rings. The molecule has 4 heteroatoms. The minimum atomic E-state index is -0.194. The van der Waals surface area contributed by atoms with Gasteiger partial charge in [0.2, 0.25) is 0 Å². The van der Waals surface area contributed by atoms with Crippen LogP contribution < -0.4 is 0 Å². The van der Waals surface area contributed by atoms with Crippen molar-refractivity contribution in [2.45, 2.75) is 124 Å². The number of hydrogen-bond acceptors (Lipinski definition) is 4. The molecule has 0 bridgehead atoms. The van der Waals surface area contributed by atoms with E-state index in [4.69, 9.17) is 14.2 Å². The molecule has 4 fully saturated rings. The lowest BCUT2D eigenvalue weighted by Gasteiger charge is -2.58. The van der Waals surface area contributed by atoms with Gasteiger partial charge in [0, 0.05) is 12.2 Å². The molecular formula is C33H52O4. The summed E-state index contributed by atoms with van der Waals surface area (Å²) in [6.45, 7) is 10.5. The van der Waals surface area contributed by atoms with Gasteiger partial charge in [0.15, 0.2) is 6.29 Å². The van der Waals surface area contributed by atoms with E-state index in [0.29, 0.717) is 22.9 Å². The van der Waals surface area contributed by atoms with Crippen LogP contribution in [0, 0.1) is 40.4 Å². The third kappa shape index (κ3) is 5.23. The molecule has 0 aromatic heterocycles. The monoisotopic (exact) mass is 513 g/mol. The predicted molar refractivity (Wildman–Crippen MR) is 148 cm³/mol. The van der Waals surface area contributed by atoms with E-state index in [1.165, 1.54) is 71.3 Å². The lowest BCUT2D eigenvalue weighted by Crippen LogP contribution is -2.51. The van der Waals surface area contributed by atoms with Crippen molar-refractivity contribution in [3.63, 3.8) is 0 Å². The number of carbonyl (C=O) groups excluding carboxylic acids is 1. The molecule has 4 nitrogen and oxygen atoms in total. The molecule has 208 valence electrons. The molecule has 1 saturated heterocycles. The standard InChI is InChI=1S/C33H52O4/c1-22(9-8-10-23(2)31(34)35-5)27-14-15-28-26-13-12-24-21-25(37-30-11-6-7-20-36-30)16-18-32(24,3)29(26)17-19-33(27,28)4/h10,12,22,25-30H,6-9,11,13-21H2,1-5H3/b23-10+/t22-,25+,26+,27-,28+,29+,30?,32+,33-/m1/s1/i2+1. The molecular weight excluding hydrogens is 461 g/mol. The van der Waals surface area contributed by atoms with Gasteiger partial charge in [-0.25, -0.2) is 4.79 Å². The second-order valence-electron chi connectivity index (χ2n) is 13.7. The first-order valence-corrected chi connectivity index (χ1v) is 15.5. The number of carbonyl (C=O) groups is 1. The molecule has 3 saturated carbocycles. The highest BCUT2D eigenvalue weighted by Crippen LogP contribution is 2.67. The first-order chi connectivity index (χ1) is 17.8. The SMILES string of the molecule is COC(=O)/C([13CH3])=C/CC[C@@H](C)[C@H]1CC[C@H]2[C@@H]3CC=C4C[C@@H](OC5CCCCO5)CC[C@]4(C)[C@H]3CC[C@]12C. The van der Waals surface area contributed by atoms with E-state index in [0.717, 1.165) is 55.1 Å². The summed E-state index contributed by atoms with van der Waals surface area (Å²) < 4.78 is 17.2. The van der Waals surface area contributed by atoms with Crippen molar-refractivity contribution in [2.24, 2.45) is 40.4 Å². The predicted octanol–water partition coefficient (Wildman–Crippen LogP) is 8.01. The van der Waals surface area contributed by atoms with Crippen molar-refractivity contribution in [3.05, 3.63) is 23.3 Å². The molecule has 37 heavy (non-hydrogen) atoms. The van der Waals surface area contributed by atoms with Crippen molar-refractivity contribution in [1.29, 1.82) is 0 Å². The average molecular weight is 514 g/mol. The molecule has 1 unspecified atom stereocenters. The maximum Gasteiger partial charge on any atom is 0.333 e. The zero-order valence-corrected chi connectivity index (χ0v) is 24.2. The Balaban J connectivity index is 1.22. The van der Waals surface area contributed by atoms with Crippen molar-refractivity contribution in [1.82, 2.24) is 0 Å². The molecule has 0 radical (unpaired) electrons. The Hall–Kier alpha value is -1.13. The molecule has 1 heterocycles. The van der Waals surface area contributed by atoms with Gasteiger partial charge < -0.3 is 14.2 Å². The number of hydrogen-bond donors (Lipinski definition) is 0. The number of fused-ring (bicyclic) bond motifs is 5. The van der Waals surface area contributed by atoms with Gasteiger partial charge in [-0.3, -0.25) is 0 Å². The van der Waals surface area contributed by atoms with Crippen LogP contribution in [-0.4, -0.2) is 32.1 Å². The fourth-order valence-electron chi connectivity index (χ4n) is 9.76. The van der Waals surface area contributed by atoms with Crippen LogP contribution in [0.1, 0.15) is 111 Å². The minimum Gasteiger partial charge on any atom is -0.466 e. The maximum absolute atomic E-state index is 11.7. The van der Waals surface area contributed by atoms with E-state index < -0.39 is 0 Å². The molecule has 5 aliphatic rings. The highest BCUT2D eigenvalue weighted by atomic mass is 16.7. The third-order valence-electron chi connectivity index (χ3n) is 11.9. The van der Waals surface area contributed by atoms with Crippen LogP contribution in [0.25, 0.3) is 0 Å². The highest BCUT2D eigenvalue weighted by Gasteiger charge is 2.59. The van der Waals surface area contributed by atoms with Crippen LogP contribution in [0.2, 0.25) is 0 Å². The largest absolute Gasteiger partial charge is 0.466 e. The highest BCUT2D eigenvalue weighted by molar-refractivity contribution is 5.87. The topological polar surface area (TPSA) is 44.8 Å². The smallest absolute Gasteiger partial charge is 0.333 e. The Bertz CT molecular complexity index is 885. The summed E-state index contributed by atoms with van der Waals surface area (Å²) in [5.74, 6) is 3.88. The molecule has 0 spiro atoms. The van der Waals surface area contributed by atoms with Crippen molar-refractivity contribution >= 4 is 5.97 Å². The first kappa shape index (κ1) is 27.4. The number of rotatable bonds is 7. The van der Waals surface area contributed by atoms with Crippen LogP contribution in [0.15, 0.2) is 23.3 Å². The molecule has 0 aromatic carbocycles. The summed E-state index contributed by atoms with van der Waals surface area (Å²) in [5, 5.41) is 0. The first-order valence-electron chi connectivity index (χ1n) is 15.5. The summed E-state index contributed by atoms with van der Waals surface area (Å²) in [7, 11) is 1.47. The second-order valence-corrected chi connectivity index (χ2v) is 13.7. The molecule has 9 atom stereocenters. The summed E-state index contributed by atoms with van der Waals surface area (Å²) >= 11 is 0. The summed E-state index contributed by atoms with van der Waals surface area (Å²) in [6.07, 6.45) is 21.2. The molecule has 1 aliphatic heterocycles. The summed E-state index contributed by atoms with van der Waals surface area (Å²) in [6, 6.07) is 0. The van der Waals surface area contributed by atoms with E-state index in [9.17, 15) is 4.79 Å². The van der Waals surface area contributed by atoms with Gasteiger partial charge in [-0.05, 0) is 131 Å². The summed E-state index contributed by atoms with van der Waals surface area (Å²) in [5.41, 5.74) is 3.30. The number of methoxy groups -OCH3 is 1. The zero-order valence-electron chi connectivity index (χ0n) is 24.2. The van der Waals surface area contributed by atoms with E-state index >= 15 is 0 Å². The molecule has 0 N–H and O–H groups in total. The van der Waals surface area contributed by atoms with Crippen LogP contribution in [0.3, 0.4) is 0 Å². The Morgan fingerprint density at radius 1 is 1.14 bits per heavy atom. The van der Waals surface area contributed by atoms with Crippen LogP contribution >= 0.6 is 0 Å². The third-order valence-corrected chi connectivity index (χ3v) is 11.9. The van der Waals surface area contributed by atoms with Crippen LogP contribution in [-0.2, 0) is 19.0 Å². The van der Waals surface area contributed by atoms with Crippen molar-refractivity contribution in [2.75, 3.05) is 13.7 Å². The lowest BCUT2D eigenvalue weighted by atomic mass is 9.47. The Morgan fingerprint density at radius 3 is 2.73 bits per heavy atom. The quantitative estimate of drug-likeness (QED) is 0.150. The summed E-state index contributed by atoms with van der Waals surface area (Å²) in [4.78, 5) is 11.7. The lowest BCUT2D eigenvalue weighted by molar-refractivity contribution is -0.195.